The number of nitrogens with zero attached hydrogens (tertiary/aromatic N) is 6. The van der Waals surface area contributed by atoms with Gasteiger partial charge in [0.25, 0.3) is 17.7 Å². The fourth-order valence-electron chi connectivity index (χ4n) is 13.2. The smallest absolute Gasteiger partial charge is 0.274 e. The summed E-state index contributed by atoms with van der Waals surface area (Å²) < 4.78 is 11.1. The fourth-order valence-corrected chi connectivity index (χ4v) is 13.2. The molecule has 0 radical (unpaired) electrons. The van der Waals surface area contributed by atoms with E-state index in [0.717, 1.165) is 114 Å². The van der Waals surface area contributed by atoms with Gasteiger partial charge in [-0.2, -0.15) is 15.3 Å². The van der Waals surface area contributed by atoms with Crippen molar-refractivity contribution in [1.29, 1.82) is 0 Å². The fraction of sp³-hybridized carbons (Fsp3) is 0.200. The second-order valence-corrected chi connectivity index (χ2v) is 28.0. The summed E-state index contributed by atoms with van der Waals surface area (Å²) in [5.74, 6) is 2.00. The summed E-state index contributed by atoms with van der Waals surface area (Å²) in [7, 11) is 0. The van der Waals surface area contributed by atoms with Crippen LogP contribution in [0.5, 0.6) is 17.2 Å². The number of phenolic OH excluding ortho intramolecular Hbond substituents is 2. The molecule has 2 aliphatic rings. The van der Waals surface area contributed by atoms with Gasteiger partial charge >= 0.3 is 0 Å². The van der Waals surface area contributed by atoms with Crippen molar-refractivity contribution in [3.8, 4) is 34.3 Å². The van der Waals surface area contributed by atoms with Crippen molar-refractivity contribution in [2.45, 2.75) is 91.2 Å². The molecule has 3 aromatic heterocycles. The molecule has 576 valence electrons. The predicted molar refractivity (Wildman–Crippen MR) is 440 cm³/mol. The molecule has 0 bridgehead atoms. The predicted octanol–water partition coefficient (Wildman–Crippen LogP) is 15.9. The van der Waals surface area contributed by atoms with Crippen LogP contribution in [0, 0.1) is 32.6 Å². The van der Waals surface area contributed by atoms with Crippen molar-refractivity contribution in [2.75, 3.05) is 29.0 Å². The van der Waals surface area contributed by atoms with E-state index < -0.39 is 0 Å². The topological polar surface area (TPSA) is 293 Å². The Morgan fingerprint density at radius 2 is 0.750 bits per heavy atom. The standard InChI is InChI=1S/C36H37N5O2.C29H31N5O2.C25H24N4O2.ClH.Pd/c1-25-18-34(41(40-25)32-14-5-10-28(19-32)22-37)36(42)39-31-13-6-11-29(20-31)35(38-23-26-16-17-26)30-12-7-15-33(21-30)43-24-27-8-3-2-4-9-27;1-19-13-27(34(33-19)25-9-2-5-21(14-25)17-30)29(36)32-24-8-3-6-22(15-24)28(31-18-20-11-12-20)23-7-4-10-26(35)16-23;1-17-11-24(29(28-17)22-9-3-7-20(14-22)16-26)25(31)27-21-8-2-5-18(13-21)12-19-6-4-10-23(30)15-19;;/h2-15,18-21,26,35,38H,16-17,22-24,37H2,1H3,(H,39,42);2-10,13-16,20,28,31,35H,11-12,17-18,30H2,1H3,(H,32,36);2-11,13-15,30H,12,16,26H2,1H3,(H,27,31);1H;. The number of nitrogens with two attached hydrogens (primary N) is 3. The number of aromatic nitrogens is 6. The quantitative estimate of drug-likeness (QED) is 0.0214. The molecule has 2 fully saturated rings. The van der Waals surface area contributed by atoms with Gasteiger partial charge < -0.3 is 58.7 Å². The second kappa shape index (κ2) is 38.8. The van der Waals surface area contributed by atoms with Crippen molar-refractivity contribution in [1.82, 2.24) is 40.0 Å². The Bertz CT molecular complexity index is 5350. The molecule has 10 aromatic carbocycles. The van der Waals surface area contributed by atoms with Crippen LogP contribution < -0.4 is 48.5 Å². The third kappa shape index (κ3) is 22.1. The Morgan fingerprint density at radius 3 is 1.17 bits per heavy atom. The summed E-state index contributed by atoms with van der Waals surface area (Å²) in [6, 6.07) is 84.9. The number of aryl methyl sites for hydroxylation is 3. The molecule has 2 aliphatic carbocycles. The number of carbonyl (C=O) groups excluding carboxylic acids is 3. The number of ether oxygens (including phenoxy) is 1. The molecular weight excluding hydrogens is 1510 g/mol. The van der Waals surface area contributed by atoms with E-state index in [4.69, 9.17) is 21.9 Å². The molecule has 15 rings (SSSR count). The number of nitrogens with one attached hydrogen (secondary N) is 5. The van der Waals surface area contributed by atoms with Crippen molar-refractivity contribution in [3.05, 3.63) is 357 Å². The minimum atomic E-state index is -0.245. The van der Waals surface area contributed by atoms with Crippen LogP contribution in [0.25, 0.3) is 17.1 Å². The molecule has 20 nitrogen and oxygen atoms in total. The average molecular weight is 1610 g/mol. The number of aromatic hydroxyl groups is 2. The van der Waals surface area contributed by atoms with Gasteiger partial charge in [0.2, 0.25) is 0 Å². The largest absolute Gasteiger partial charge is 0.508 e. The monoisotopic (exact) mass is 1610 g/mol. The van der Waals surface area contributed by atoms with Gasteiger partial charge in [0.1, 0.15) is 40.9 Å². The Labute approximate surface area is 672 Å². The summed E-state index contributed by atoms with van der Waals surface area (Å²) in [5.41, 5.74) is 35.8. The number of rotatable bonds is 27. The van der Waals surface area contributed by atoms with Crippen LogP contribution in [-0.2, 0) is 53.1 Å². The Balaban J connectivity index is 0.000000167. The maximum atomic E-state index is 13.6. The molecule has 22 heteroatoms. The van der Waals surface area contributed by atoms with Gasteiger partial charge in [-0.3, -0.25) is 14.4 Å². The molecule has 13 aromatic rings. The van der Waals surface area contributed by atoms with Gasteiger partial charge in [0, 0.05) is 57.1 Å². The van der Waals surface area contributed by atoms with Crippen LogP contribution >= 0.6 is 12.4 Å². The molecule has 2 unspecified atom stereocenters. The zero-order valence-electron chi connectivity index (χ0n) is 62.7. The molecule has 0 aliphatic heterocycles. The Morgan fingerprint density at radius 1 is 0.402 bits per heavy atom. The number of carbonyl (C=O) groups is 3. The first-order valence-electron chi connectivity index (χ1n) is 37.2. The van der Waals surface area contributed by atoms with Gasteiger partial charge in [-0.05, 0) is 261 Å². The van der Waals surface area contributed by atoms with E-state index >= 15 is 0 Å². The molecule has 112 heavy (non-hydrogen) atoms. The Hall–Kier alpha value is -11.6. The number of hydrogen-bond donors (Lipinski definition) is 10. The van der Waals surface area contributed by atoms with Crippen molar-refractivity contribution < 1.29 is 49.8 Å². The van der Waals surface area contributed by atoms with Gasteiger partial charge in [-0.25, -0.2) is 14.0 Å². The minimum Gasteiger partial charge on any atom is -0.508 e. The molecule has 2 atom stereocenters. The number of amides is 3. The molecule has 3 heterocycles. The van der Waals surface area contributed by atoms with E-state index in [1.54, 1.807) is 56.5 Å². The number of halogens is 1. The number of anilines is 3. The molecule has 3 amide bonds. The normalized spacial score (nSPS) is 12.6. The van der Waals surface area contributed by atoms with E-state index in [0.29, 0.717) is 73.0 Å². The zero-order chi connectivity index (χ0) is 76.5. The second-order valence-electron chi connectivity index (χ2n) is 28.0. The average Bonchev–Trinajstić information content (AvgIpc) is 1.58. The van der Waals surface area contributed by atoms with Crippen molar-refractivity contribution in [2.24, 2.45) is 29.0 Å². The summed E-state index contributed by atoms with van der Waals surface area (Å²) in [6.07, 6.45) is 5.67. The van der Waals surface area contributed by atoms with Crippen LogP contribution in [0.1, 0.15) is 142 Å². The van der Waals surface area contributed by atoms with Gasteiger partial charge in [0.15, 0.2) is 0 Å². The molecule has 0 saturated heterocycles. The van der Waals surface area contributed by atoms with Gasteiger partial charge in [-0.1, -0.05) is 140 Å². The minimum absolute atomic E-state index is 0. The summed E-state index contributed by atoms with van der Waals surface area (Å²) in [4.78, 5) is 40.0. The first-order valence-corrected chi connectivity index (χ1v) is 37.2. The van der Waals surface area contributed by atoms with Gasteiger partial charge in [0.05, 0.1) is 46.2 Å². The zero-order valence-corrected chi connectivity index (χ0v) is 65.0. The summed E-state index contributed by atoms with van der Waals surface area (Å²) >= 11 is 0. The number of hydrogen-bond acceptors (Lipinski definition) is 14. The van der Waals surface area contributed by atoms with E-state index in [1.165, 1.54) is 25.7 Å². The van der Waals surface area contributed by atoms with E-state index in [1.807, 2.05) is 215 Å². The van der Waals surface area contributed by atoms with E-state index in [9.17, 15) is 24.6 Å². The SMILES string of the molecule is Cc1cc(C(=O)Nc2cccc(C(NCC3CC3)c3cccc(O)c3)c2)n(-c2cccc(CN)c2)n1.Cc1cc(C(=O)Nc2cccc(C(NCC3CC3)c3cccc(OCc4ccccc4)c3)c2)n(-c2cccc(CN)c2)n1.Cc1cc(C(=O)Nc2cccc(Cc3cccc(O)c3)c2)n(-c2cccc(CN)c2)n1.Cl.[Pd]. The van der Waals surface area contributed by atoms with E-state index in [-0.39, 0.29) is 74.1 Å². The number of phenols is 2. The van der Waals surface area contributed by atoms with Gasteiger partial charge in [-0.15, -0.1) is 12.4 Å². The van der Waals surface area contributed by atoms with Crippen LogP contribution in [-0.4, -0.2) is 70.4 Å². The van der Waals surface area contributed by atoms with Crippen LogP contribution in [0.2, 0.25) is 0 Å². The first-order chi connectivity index (χ1) is 53.6. The van der Waals surface area contributed by atoms with Crippen molar-refractivity contribution in [3.63, 3.8) is 0 Å². The summed E-state index contributed by atoms with van der Waals surface area (Å²) in [5, 5.41) is 49.9. The van der Waals surface area contributed by atoms with Crippen LogP contribution in [0.4, 0.5) is 17.1 Å². The van der Waals surface area contributed by atoms with Crippen LogP contribution in [0.3, 0.4) is 0 Å². The summed E-state index contributed by atoms with van der Waals surface area (Å²) in [6.45, 7) is 9.22. The first kappa shape index (κ1) is 81.4. The third-order valence-corrected chi connectivity index (χ3v) is 19.1. The molecule has 2 saturated carbocycles. The molecule has 0 spiro atoms. The van der Waals surface area contributed by atoms with Crippen LogP contribution in [0.15, 0.2) is 267 Å². The molecular formula is C90H93ClN14O6Pd. The number of benzene rings is 10. The van der Waals surface area contributed by atoms with E-state index in [2.05, 4.69) is 72.2 Å². The third-order valence-electron chi connectivity index (χ3n) is 19.1. The Kier molecular flexibility index (Phi) is 28.2. The maximum absolute atomic E-state index is 13.6. The maximum Gasteiger partial charge on any atom is 0.274 e. The van der Waals surface area contributed by atoms with Crippen molar-refractivity contribution >= 4 is 47.2 Å². The molecule has 13 N–H and O–H groups in total.